The first kappa shape index (κ1) is 13.5. The molecule has 94 valence electrons. The lowest BCUT2D eigenvalue weighted by molar-refractivity contribution is -0.120. The zero-order valence-corrected chi connectivity index (χ0v) is 10.6. The summed E-state index contributed by atoms with van der Waals surface area (Å²) in [6.07, 6.45) is 3.51. The Morgan fingerprint density at radius 3 is 2.62 bits per heavy atom. The van der Waals surface area contributed by atoms with Gasteiger partial charge in [-0.1, -0.05) is 13.8 Å². The molecule has 1 aliphatic rings. The third-order valence-corrected chi connectivity index (χ3v) is 2.82. The lowest BCUT2D eigenvalue weighted by atomic mass is 10.4. The minimum Gasteiger partial charge on any atom is -0.352 e. The SMILES string of the molecule is CCCN(CC)CCNCC(=O)NC1CC1. The van der Waals surface area contributed by atoms with Gasteiger partial charge < -0.3 is 15.5 Å². The van der Waals surface area contributed by atoms with E-state index in [2.05, 4.69) is 29.4 Å². The van der Waals surface area contributed by atoms with E-state index in [1.165, 1.54) is 6.42 Å². The average molecular weight is 227 g/mol. The highest BCUT2D eigenvalue weighted by atomic mass is 16.2. The van der Waals surface area contributed by atoms with E-state index in [1.807, 2.05) is 0 Å². The number of hydrogen-bond donors (Lipinski definition) is 2. The van der Waals surface area contributed by atoms with Gasteiger partial charge in [0.2, 0.25) is 5.91 Å². The molecule has 0 spiro atoms. The molecular weight excluding hydrogens is 202 g/mol. The van der Waals surface area contributed by atoms with Crippen LogP contribution in [0.15, 0.2) is 0 Å². The highest BCUT2D eigenvalue weighted by Crippen LogP contribution is 2.18. The molecule has 2 N–H and O–H groups in total. The molecule has 0 aromatic rings. The van der Waals surface area contributed by atoms with Crippen LogP contribution < -0.4 is 10.6 Å². The first-order valence-electron chi connectivity index (χ1n) is 6.48. The predicted molar refractivity (Wildman–Crippen MR) is 66.4 cm³/mol. The molecule has 1 rings (SSSR count). The maximum absolute atomic E-state index is 11.3. The molecule has 4 heteroatoms. The summed E-state index contributed by atoms with van der Waals surface area (Å²) >= 11 is 0. The summed E-state index contributed by atoms with van der Waals surface area (Å²) in [7, 11) is 0. The van der Waals surface area contributed by atoms with Gasteiger partial charge in [0.1, 0.15) is 0 Å². The number of likely N-dealkylation sites (N-methyl/N-ethyl adjacent to an activating group) is 1. The zero-order valence-electron chi connectivity index (χ0n) is 10.6. The van der Waals surface area contributed by atoms with Crippen molar-refractivity contribution in [2.45, 2.75) is 39.2 Å². The quantitative estimate of drug-likeness (QED) is 0.567. The highest BCUT2D eigenvalue weighted by Gasteiger charge is 2.22. The van der Waals surface area contributed by atoms with Gasteiger partial charge >= 0.3 is 0 Å². The molecule has 1 aliphatic carbocycles. The minimum absolute atomic E-state index is 0.140. The average Bonchev–Trinajstić information content (AvgIpc) is 3.06. The molecule has 1 saturated carbocycles. The van der Waals surface area contributed by atoms with Gasteiger partial charge in [-0.2, -0.15) is 0 Å². The molecule has 0 heterocycles. The lowest BCUT2D eigenvalue weighted by Gasteiger charge is -2.19. The monoisotopic (exact) mass is 227 g/mol. The summed E-state index contributed by atoms with van der Waals surface area (Å²) in [5.41, 5.74) is 0. The first-order valence-corrected chi connectivity index (χ1v) is 6.48. The van der Waals surface area contributed by atoms with Gasteiger partial charge in [0, 0.05) is 19.1 Å². The van der Waals surface area contributed by atoms with Crippen molar-refractivity contribution in [3.63, 3.8) is 0 Å². The van der Waals surface area contributed by atoms with Crippen molar-refractivity contribution in [2.75, 3.05) is 32.7 Å². The molecule has 4 nitrogen and oxygen atoms in total. The van der Waals surface area contributed by atoms with Gasteiger partial charge in [0.15, 0.2) is 0 Å². The van der Waals surface area contributed by atoms with E-state index in [1.54, 1.807) is 0 Å². The number of nitrogens with zero attached hydrogens (tertiary/aromatic N) is 1. The van der Waals surface area contributed by atoms with Crippen molar-refractivity contribution in [2.24, 2.45) is 0 Å². The fraction of sp³-hybridized carbons (Fsp3) is 0.917. The van der Waals surface area contributed by atoms with Crippen LogP contribution in [0, 0.1) is 0 Å². The Kier molecular flexibility index (Phi) is 6.42. The summed E-state index contributed by atoms with van der Waals surface area (Å²) in [4.78, 5) is 13.7. The molecule has 0 aliphatic heterocycles. The Morgan fingerprint density at radius 1 is 1.31 bits per heavy atom. The molecule has 0 atom stereocenters. The Bertz CT molecular complexity index is 204. The molecule has 0 bridgehead atoms. The second kappa shape index (κ2) is 7.63. The molecule has 0 saturated heterocycles. The van der Waals surface area contributed by atoms with E-state index in [4.69, 9.17) is 0 Å². The maximum atomic E-state index is 11.3. The van der Waals surface area contributed by atoms with Crippen LogP contribution in [0.5, 0.6) is 0 Å². The van der Waals surface area contributed by atoms with Crippen LogP contribution in [0.2, 0.25) is 0 Å². The third-order valence-electron chi connectivity index (χ3n) is 2.82. The Morgan fingerprint density at radius 2 is 2.06 bits per heavy atom. The van der Waals surface area contributed by atoms with E-state index in [0.29, 0.717) is 12.6 Å². The molecular formula is C12H25N3O. The predicted octanol–water partition coefficient (Wildman–Crippen LogP) is 0.587. The Labute approximate surface area is 98.8 Å². The lowest BCUT2D eigenvalue weighted by Crippen LogP contribution is -2.39. The van der Waals surface area contributed by atoms with E-state index >= 15 is 0 Å². The molecule has 0 radical (unpaired) electrons. The smallest absolute Gasteiger partial charge is 0.234 e. The zero-order chi connectivity index (χ0) is 11.8. The van der Waals surface area contributed by atoms with E-state index < -0.39 is 0 Å². The molecule has 0 aromatic heterocycles. The summed E-state index contributed by atoms with van der Waals surface area (Å²) in [6.45, 7) is 8.98. The van der Waals surface area contributed by atoms with Gasteiger partial charge in [-0.3, -0.25) is 4.79 Å². The van der Waals surface area contributed by atoms with E-state index in [-0.39, 0.29) is 5.91 Å². The summed E-state index contributed by atoms with van der Waals surface area (Å²) in [5.74, 6) is 0.140. The fourth-order valence-electron chi connectivity index (χ4n) is 1.69. The summed E-state index contributed by atoms with van der Waals surface area (Å²) < 4.78 is 0. The maximum Gasteiger partial charge on any atom is 0.234 e. The topological polar surface area (TPSA) is 44.4 Å². The van der Waals surface area contributed by atoms with Crippen molar-refractivity contribution in [3.05, 3.63) is 0 Å². The molecule has 0 aromatic carbocycles. The normalized spacial score (nSPS) is 15.4. The summed E-state index contributed by atoms with van der Waals surface area (Å²) in [6, 6.07) is 0.474. The second-order valence-corrected chi connectivity index (χ2v) is 4.45. The van der Waals surface area contributed by atoms with Crippen molar-refractivity contribution >= 4 is 5.91 Å². The standard InChI is InChI=1S/C12H25N3O/c1-3-8-15(4-2)9-7-13-10-12(16)14-11-5-6-11/h11,13H,3-10H2,1-2H3,(H,14,16). The Balaban J connectivity index is 1.94. The second-order valence-electron chi connectivity index (χ2n) is 4.45. The van der Waals surface area contributed by atoms with E-state index in [9.17, 15) is 4.79 Å². The number of carbonyl (C=O) groups is 1. The molecule has 16 heavy (non-hydrogen) atoms. The van der Waals surface area contributed by atoms with Gasteiger partial charge in [0.25, 0.3) is 0 Å². The van der Waals surface area contributed by atoms with Crippen LogP contribution in [0.1, 0.15) is 33.1 Å². The van der Waals surface area contributed by atoms with Gasteiger partial charge in [-0.25, -0.2) is 0 Å². The third kappa shape index (κ3) is 6.08. The Hall–Kier alpha value is -0.610. The highest BCUT2D eigenvalue weighted by molar-refractivity contribution is 5.78. The van der Waals surface area contributed by atoms with Crippen LogP contribution >= 0.6 is 0 Å². The number of hydrogen-bond acceptors (Lipinski definition) is 3. The summed E-state index contributed by atoms with van der Waals surface area (Å²) in [5, 5.41) is 6.15. The van der Waals surface area contributed by atoms with Crippen LogP contribution in [-0.2, 0) is 4.79 Å². The van der Waals surface area contributed by atoms with Crippen molar-refractivity contribution in [1.29, 1.82) is 0 Å². The molecule has 1 amide bonds. The van der Waals surface area contributed by atoms with E-state index in [0.717, 1.165) is 39.0 Å². The van der Waals surface area contributed by atoms with Crippen LogP contribution in [0.4, 0.5) is 0 Å². The first-order chi connectivity index (χ1) is 7.76. The van der Waals surface area contributed by atoms with Gasteiger partial charge in [-0.15, -0.1) is 0 Å². The van der Waals surface area contributed by atoms with Crippen molar-refractivity contribution in [1.82, 2.24) is 15.5 Å². The van der Waals surface area contributed by atoms with Crippen LogP contribution in [-0.4, -0.2) is 49.6 Å². The fourth-order valence-corrected chi connectivity index (χ4v) is 1.69. The minimum atomic E-state index is 0.140. The van der Waals surface area contributed by atoms with Crippen LogP contribution in [0.25, 0.3) is 0 Å². The van der Waals surface area contributed by atoms with Gasteiger partial charge in [-0.05, 0) is 32.4 Å². The number of carbonyl (C=O) groups excluding carboxylic acids is 1. The molecule has 1 fully saturated rings. The number of nitrogens with one attached hydrogen (secondary N) is 2. The molecule has 0 unspecified atom stereocenters. The number of rotatable bonds is 9. The van der Waals surface area contributed by atoms with Gasteiger partial charge in [0.05, 0.1) is 6.54 Å². The van der Waals surface area contributed by atoms with Crippen LogP contribution in [0.3, 0.4) is 0 Å². The number of amides is 1. The van der Waals surface area contributed by atoms with Crippen molar-refractivity contribution < 1.29 is 4.79 Å². The largest absolute Gasteiger partial charge is 0.352 e. The van der Waals surface area contributed by atoms with Crippen molar-refractivity contribution in [3.8, 4) is 0 Å².